The molecule has 1 unspecified atom stereocenters. The van der Waals surface area contributed by atoms with Crippen LogP contribution in [0.4, 0.5) is 4.39 Å². The van der Waals surface area contributed by atoms with Gasteiger partial charge in [0.2, 0.25) is 11.5 Å². The molecule has 1 amide bonds. The van der Waals surface area contributed by atoms with Crippen molar-refractivity contribution in [2.24, 2.45) is 0 Å². The van der Waals surface area contributed by atoms with Crippen LogP contribution in [-0.2, 0) is 6.54 Å². The summed E-state index contributed by atoms with van der Waals surface area (Å²) in [6.45, 7) is 2.01. The third-order valence-corrected chi connectivity index (χ3v) is 6.39. The molecular weight excluding hydrogens is 465 g/mol. The summed E-state index contributed by atoms with van der Waals surface area (Å²) in [5.41, 5.74) is 2.45. The summed E-state index contributed by atoms with van der Waals surface area (Å²) in [7, 11) is 4.49. The van der Waals surface area contributed by atoms with E-state index >= 15 is 0 Å². The molecule has 0 aliphatic carbocycles. The Hall–Kier alpha value is -4.33. The lowest BCUT2D eigenvalue weighted by molar-refractivity contribution is 0.0714. The van der Waals surface area contributed by atoms with Gasteiger partial charge in [0.1, 0.15) is 11.4 Å². The Kier molecular flexibility index (Phi) is 5.88. The Morgan fingerprint density at radius 1 is 0.917 bits per heavy atom. The molecule has 4 aromatic rings. The summed E-state index contributed by atoms with van der Waals surface area (Å²) in [5.74, 6) is 0.324. The summed E-state index contributed by atoms with van der Waals surface area (Å²) in [6, 6.07) is 13.8. The highest BCUT2D eigenvalue weighted by molar-refractivity contribution is 5.99. The van der Waals surface area contributed by atoms with Gasteiger partial charge in [0, 0.05) is 6.54 Å². The highest BCUT2D eigenvalue weighted by Gasteiger charge is 2.43. The van der Waals surface area contributed by atoms with Gasteiger partial charge >= 0.3 is 0 Å². The molecule has 36 heavy (non-hydrogen) atoms. The van der Waals surface area contributed by atoms with Gasteiger partial charge in [-0.15, -0.1) is 0 Å². The molecule has 1 aromatic heterocycles. The van der Waals surface area contributed by atoms with Gasteiger partial charge in [-0.1, -0.05) is 23.8 Å². The number of rotatable bonds is 6. The van der Waals surface area contributed by atoms with E-state index in [-0.39, 0.29) is 29.1 Å². The van der Waals surface area contributed by atoms with Crippen LogP contribution in [0.1, 0.15) is 38.9 Å². The fourth-order valence-corrected chi connectivity index (χ4v) is 4.69. The number of carbonyl (C=O) groups is 1. The van der Waals surface area contributed by atoms with Gasteiger partial charge in [-0.3, -0.25) is 9.59 Å². The number of benzene rings is 3. The van der Waals surface area contributed by atoms with E-state index in [4.69, 9.17) is 18.6 Å². The zero-order valence-electron chi connectivity index (χ0n) is 20.3. The minimum atomic E-state index is -0.799. The van der Waals surface area contributed by atoms with Gasteiger partial charge in [0.15, 0.2) is 16.9 Å². The zero-order valence-corrected chi connectivity index (χ0v) is 20.3. The predicted octanol–water partition coefficient (Wildman–Crippen LogP) is 5.01. The molecule has 0 radical (unpaired) electrons. The van der Waals surface area contributed by atoms with Gasteiger partial charge in [-0.05, 0) is 54.4 Å². The van der Waals surface area contributed by atoms with Crippen LogP contribution in [0.5, 0.6) is 17.2 Å². The maximum Gasteiger partial charge on any atom is 0.291 e. The van der Waals surface area contributed by atoms with Crippen LogP contribution in [0.2, 0.25) is 0 Å². The first-order chi connectivity index (χ1) is 17.4. The molecule has 5 rings (SSSR count). The average molecular weight is 489 g/mol. The number of halogens is 1. The van der Waals surface area contributed by atoms with Crippen LogP contribution in [0, 0.1) is 12.7 Å². The second-order valence-corrected chi connectivity index (χ2v) is 8.59. The Morgan fingerprint density at radius 3 is 2.19 bits per heavy atom. The molecule has 184 valence electrons. The summed E-state index contributed by atoms with van der Waals surface area (Å²) in [5, 5.41) is 0.391. The van der Waals surface area contributed by atoms with Crippen LogP contribution in [0.25, 0.3) is 11.0 Å². The summed E-state index contributed by atoms with van der Waals surface area (Å²) < 4.78 is 36.0. The van der Waals surface area contributed by atoms with Gasteiger partial charge in [-0.25, -0.2) is 4.39 Å². The molecule has 0 fully saturated rings. The Morgan fingerprint density at radius 2 is 1.58 bits per heavy atom. The molecule has 1 aliphatic rings. The number of methoxy groups -OCH3 is 3. The van der Waals surface area contributed by atoms with Crippen molar-refractivity contribution < 1.29 is 27.8 Å². The van der Waals surface area contributed by atoms with Gasteiger partial charge in [0.05, 0.1) is 38.3 Å². The van der Waals surface area contributed by atoms with Crippen LogP contribution in [0.3, 0.4) is 0 Å². The molecular formula is C28H24FNO6. The van der Waals surface area contributed by atoms with Crippen molar-refractivity contribution in [2.75, 3.05) is 21.3 Å². The van der Waals surface area contributed by atoms with E-state index in [1.165, 1.54) is 38.4 Å². The van der Waals surface area contributed by atoms with E-state index in [9.17, 15) is 14.0 Å². The molecule has 1 atom stereocenters. The average Bonchev–Trinajstić information content (AvgIpc) is 3.16. The van der Waals surface area contributed by atoms with E-state index in [2.05, 4.69) is 0 Å². The quantitative estimate of drug-likeness (QED) is 0.379. The largest absolute Gasteiger partial charge is 0.493 e. The zero-order chi connectivity index (χ0) is 25.6. The Bertz CT molecular complexity index is 1520. The van der Waals surface area contributed by atoms with Crippen LogP contribution in [0.15, 0.2) is 63.8 Å². The smallest absolute Gasteiger partial charge is 0.291 e. The summed E-state index contributed by atoms with van der Waals surface area (Å²) in [4.78, 5) is 29.0. The van der Waals surface area contributed by atoms with E-state index in [0.29, 0.717) is 39.3 Å². The van der Waals surface area contributed by atoms with Crippen molar-refractivity contribution >= 4 is 16.9 Å². The van der Waals surface area contributed by atoms with Crippen LogP contribution in [-0.4, -0.2) is 32.1 Å². The molecule has 2 heterocycles. The van der Waals surface area contributed by atoms with Crippen molar-refractivity contribution in [1.82, 2.24) is 4.90 Å². The highest BCUT2D eigenvalue weighted by Crippen LogP contribution is 2.45. The van der Waals surface area contributed by atoms with Crippen LogP contribution < -0.4 is 19.6 Å². The SMILES string of the molecule is COc1cc(C2c3c(oc4ccc(C)cc4c3=O)C(=O)N2Cc2ccc(F)cc2)cc(OC)c1OC. The van der Waals surface area contributed by atoms with Crippen molar-refractivity contribution in [1.29, 1.82) is 0 Å². The number of amides is 1. The number of carbonyl (C=O) groups excluding carboxylic acids is 1. The van der Waals surface area contributed by atoms with E-state index in [1.54, 1.807) is 36.4 Å². The van der Waals surface area contributed by atoms with Gasteiger partial charge in [0.25, 0.3) is 5.91 Å². The molecule has 8 heteroatoms. The lowest BCUT2D eigenvalue weighted by atomic mass is 9.97. The number of hydrogen-bond donors (Lipinski definition) is 0. The van der Waals surface area contributed by atoms with Gasteiger partial charge in [-0.2, -0.15) is 0 Å². The second kappa shape index (κ2) is 9.03. The molecule has 0 bridgehead atoms. The first-order valence-corrected chi connectivity index (χ1v) is 11.3. The summed E-state index contributed by atoms with van der Waals surface area (Å²) >= 11 is 0. The van der Waals surface area contributed by atoms with Crippen LogP contribution >= 0.6 is 0 Å². The van der Waals surface area contributed by atoms with Crippen molar-refractivity contribution in [2.45, 2.75) is 19.5 Å². The molecule has 0 spiro atoms. The second-order valence-electron chi connectivity index (χ2n) is 8.59. The Balaban J connectivity index is 1.76. The minimum Gasteiger partial charge on any atom is -0.493 e. The fourth-order valence-electron chi connectivity index (χ4n) is 4.69. The predicted molar refractivity (Wildman–Crippen MR) is 131 cm³/mol. The number of nitrogens with zero attached hydrogens (tertiary/aromatic N) is 1. The van der Waals surface area contributed by atoms with Crippen molar-refractivity contribution in [3.63, 3.8) is 0 Å². The monoisotopic (exact) mass is 489 g/mol. The topological polar surface area (TPSA) is 78.2 Å². The lowest BCUT2D eigenvalue weighted by Gasteiger charge is -2.26. The van der Waals surface area contributed by atoms with E-state index in [1.807, 2.05) is 13.0 Å². The maximum absolute atomic E-state index is 13.8. The number of fused-ring (bicyclic) bond motifs is 2. The number of ether oxygens (including phenoxy) is 3. The molecule has 0 saturated carbocycles. The van der Waals surface area contributed by atoms with Gasteiger partial charge < -0.3 is 23.5 Å². The highest BCUT2D eigenvalue weighted by atomic mass is 19.1. The number of aryl methyl sites for hydroxylation is 1. The molecule has 0 saturated heterocycles. The maximum atomic E-state index is 13.8. The van der Waals surface area contributed by atoms with Crippen molar-refractivity contribution in [3.05, 3.63) is 98.7 Å². The molecule has 7 nitrogen and oxygen atoms in total. The third-order valence-electron chi connectivity index (χ3n) is 6.39. The first kappa shape index (κ1) is 23.4. The minimum absolute atomic E-state index is 0.0165. The Labute approximate surface area is 206 Å². The molecule has 1 aliphatic heterocycles. The first-order valence-electron chi connectivity index (χ1n) is 11.3. The summed E-state index contributed by atoms with van der Waals surface area (Å²) in [6.07, 6.45) is 0. The molecule has 0 N–H and O–H groups in total. The van der Waals surface area contributed by atoms with Crippen molar-refractivity contribution in [3.8, 4) is 17.2 Å². The number of hydrogen-bond acceptors (Lipinski definition) is 6. The third kappa shape index (κ3) is 3.75. The standard InChI is InChI=1S/C28H24FNO6/c1-15-5-10-20-19(11-15)25(31)23-24(17-12-21(33-2)26(35-4)22(13-17)34-3)30(28(32)27(23)36-20)14-16-6-8-18(29)9-7-16/h5-13,24H,14H2,1-4H3. The normalized spacial score (nSPS) is 14.8. The van der Waals surface area contributed by atoms with E-state index in [0.717, 1.165) is 5.56 Å². The fraction of sp³-hybridized carbons (Fsp3) is 0.214. The molecule has 3 aromatic carbocycles. The van der Waals surface area contributed by atoms with E-state index < -0.39 is 11.9 Å². The lowest BCUT2D eigenvalue weighted by Crippen LogP contribution is -2.29.